The molecule has 29 heavy (non-hydrogen) atoms. The zero-order valence-corrected chi connectivity index (χ0v) is 17.8. The molecule has 0 aliphatic carbocycles. The second-order valence-corrected chi connectivity index (χ2v) is 7.96. The van der Waals surface area contributed by atoms with Gasteiger partial charge in [0.05, 0.1) is 6.04 Å². The first kappa shape index (κ1) is 21.1. The van der Waals surface area contributed by atoms with Crippen LogP contribution >= 0.6 is 0 Å². The van der Waals surface area contributed by atoms with E-state index in [0.717, 1.165) is 49.0 Å². The van der Waals surface area contributed by atoms with Crippen molar-refractivity contribution in [3.8, 4) is 0 Å². The molecule has 4 heteroatoms. The SMILES string of the molecule is CCCCCCC(=O)N(c1ccccc1)C1CC(C)N(C(C)=O)c2ccccc21. The van der Waals surface area contributed by atoms with Crippen LogP contribution in [0.2, 0.25) is 0 Å². The van der Waals surface area contributed by atoms with Gasteiger partial charge in [-0.05, 0) is 43.5 Å². The maximum Gasteiger partial charge on any atom is 0.227 e. The van der Waals surface area contributed by atoms with Gasteiger partial charge in [-0.25, -0.2) is 0 Å². The second-order valence-electron chi connectivity index (χ2n) is 7.96. The molecule has 0 saturated heterocycles. The van der Waals surface area contributed by atoms with E-state index in [1.807, 2.05) is 58.3 Å². The Balaban J connectivity index is 1.98. The summed E-state index contributed by atoms with van der Waals surface area (Å²) in [6.45, 7) is 5.86. The molecule has 3 rings (SSSR count). The zero-order chi connectivity index (χ0) is 20.8. The third kappa shape index (κ3) is 4.69. The molecule has 2 aromatic rings. The van der Waals surface area contributed by atoms with Crippen molar-refractivity contribution in [3.05, 3.63) is 60.2 Å². The van der Waals surface area contributed by atoms with Gasteiger partial charge in [0.2, 0.25) is 11.8 Å². The van der Waals surface area contributed by atoms with E-state index in [0.29, 0.717) is 6.42 Å². The van der Waals surface area contributed by atoms with Gasteiger partial charge in [-0.3, -0.25) is 9.59 Å². The van der Waals surface area contributed by atoms with E-state index in [1.165, 1.54) is 0 Å². The summed E-state index contributed by atoms with van der Waals surface area (Å²) in [5, 5.41) is 0. The fraction of sp³-hybridized carbons (Fsp3) is 0.440. The fourth-order valence-corrected chi connectivity index (χ4v) is 4.42. The number of anilines is 2. The van der Waals surface area contributed by atoms with E-state index in [2.05, 4.69) is 19.9 Å². The maximum absolute atomic E-state index is 13.4. The summed E-state index contributed by atoms with van der Waals surface area (Å²) >= 11 is 0. The number of hydrogen-bond acceptors (Lipinski definition) is 2. The highest BCUT2D eigenvalue weighted by Crippen LogP contribution is 2.42. The Labute approximate surface area is 174 Å². The topological polar surface area (TPSA) is 40.6 Å². The molecule has 2 unspecified atom stereocenters. The normalized spacial score (nSPS) is 18.2. The predicted molar refractivity (Wildman–Crippen MR) is 119 cm³/mol. The number of rotatable bonds is 7. The average molecular weight is 393 g/mol. The smallest absolute Gasteiger partial charge is 0.227 e. The standard InChI is InChI=1S/C25H32N2O2/c1-4-5-6-10-17-25(29)27(21-13-8-7-9-14-21)24-18-19(2)26(20(3)28)23-16-12-11-15-22(23)24/h7-9,11-16,19,24H,4-6,10,17-18H2,1-3H3. The number of hydrogen-bond donors (Lipinski definition) is 0. The van der Waals surface area contributed by atoms with E-state index in [4.69, 9.17) is 0 Å². The number of carbonyl (C=O) groups is 2. The van der Waals surface area contributed by atoms with Crippen molar-refractivity contribution in [1.82, 2.24) is 0 Å². The van der Waals surface area contributed by atoms with Crippen molar-refractivity contribution in [1.29, 1.82) is 0 Å². The van der Waals surface area contributed by atoms with Gasteiger partial charge in [0.1, 0.15) is 0 Å². The lowest BCUT2D eigenvalue weighted by atomic mass is 9.89. The predicted octanol–water partition coefficient (Wildman–Crippen LogP) is 5.88. The number of unbranched alkanes of at least 4 members (excludes halogenated alkanes) is 3. The number of fused-ring (bicyclic) bond motifs is 1. The molecule has 1 aliphatic rings. The fourth-order valence-electron chi connectivity index (χ4n) is 4.42. The van der Waals surface area contributed by atoms with Gasteiger partial charge in [0, 0.05) is 30.8 Å². The van der Waals surface area contributed by atoms with Gasteiger partial charge in [0.15, 0.2) is 0 Å². The van der Waals surface area contributed by atoms with Gasteiger partial charge in [0.25, 0.3) is 0 Å². The molecule has 1 aliphatic heterocycles. The zero-order valence-electron chi connectivity index (χ0n) is 17.8. The quantitative estimate of drug-likeness (QED) is 0.552. The van der Waals surface area contributed by atoms with Gasteiger partial charge >= 0.3 is 0 Å². The molecule has 2 atom stereocenters. The molecule has 0 bridgehead atoms. The number of amides is 2. The average Bonchev–Trinajstić information content (AvgIpc) is 2.72. The lowest BCUT2D eigenvalue weighted by Gasteiger charge is -2.43. The first-order valence-electron chi connectivity index (χ1n) is 10.8. The molecule has 1 heterocycles. The van der Waals surface area contributed by atoms with Crippen LogP contribution in [0.3, 0.4) is 0 Å². The van der Waals surface area contributed by atoms with Crippen LogP contribution in [0.4, 0.5) is 11.4 Å². The van der Waals surface area contributed by atoms with Crippen LogP contribution in [0.5, 0.6) is 0 Å². The summed E-state index contributed by atoms with van der Waals surface area (Å²) in [4.78, 5) is 29.5. The Kier molecular flexibility index (Phi) is 7.08. The highest BCUT2D eigenvalue weighted by Gasteiger charge is 2.37. The third-order valence-electron chi connectivity index (χ3n) is 5.76. The Morgan fingerprint density at radius 1 is 1.00 bits per heavy atom. The van der Waals surface area contributed by atoms with Crippen molar-refractivity contribution in [2.24, 2.45) is 0 Å². The number of para-hydroxylation sites is 2. The Hall–Kier alpha value is -2.62. The van der Waals surface area contributed by atoms with Gasteiger partial charge < -0.3 is 9.80 Å². The summed E-state index contributed by atoms with van der Waals surface area (Å²) < 4.78 is 0. The van der Waals surface area contributed by atoms with Crippen molar-refractivity contribution in [2.75, 3.05) is 9.80 Å². The summed E-state index contributed by atoms with van der Waals surface area (Å²) in [6.07, 6.45) is 5.60. The molecule has 154 valence electrons. The minimum atomic E-state index is -0.0714. The Morgan fingerprint density at radius 3 is 2.38 bits per heavy atom. The highest BCUT2D eigenvalue weighted by atomic mass is 16.2. The van der Waals surface area contributed by atoms with Gasteiger partial charge in [-0.2, -0.15) is 0 Å². The maximum atomic E-state index is 13.4. The number of nitrogens with zero attached hydrogens (tertiary/aromatic N) is 2. The molecule has 0 aromatic heterocycles. The molecule has 0 N–H and O–H groups in total. The largest absolute Gasteiger partial charge is 0.309 e. The summed E-state index contributed by atoms with van der Waals surface area (Å²) in [5.74, 6) is 0.205. The van der Waals surface area contributed by atoms with Crippen LogP contribution in [0.25, 0.3) is 0 Å². The Bertz CT molecular complexity index is 834. The van der Waals surface area contributed by atoms with Crippen LogP contribution in [-0.4, -0.2) is 17.9 Å². The first-order chi connectivity index (χ1) is 14.0. The van der Waals surface area contributed by atoms with Gasteiger partial charge in [-0.15, -0.1) is 0 Å². The lowest BCUT2D eigenvalue weighted by molar-refractivity contribution is -0.119. The molecule has 2 aromatic carbocycles. The lowest BCUT2D eigenvalue weighted by Crippen LogP contribution is -2.47. The van der Waals surface area contributed by atoms with E-state index >= 15 is 0 Å². The first-order valence-corrected chi connectivity index (χ1v) is 10.8. The molecular formula is C25H32N2O2. The number of benzene rings is 2. The summed E-state index contributed by atoms with van der Waals surface area (Å²) in [7, 11) is 0. The van der Waals surface area contributed by atoms with E-state index in [1.54, 1.807) is 6.92 Å². The van der Waals surface area contributed by atoms with Crippen LogP contribution < -0.4 is 9.80 Å². The Morgan fingerprint density at radius 2 is 1.69 bits per heavy atom. The van der Waals surface area contributed by atoms with Crippen molar-refractivity contribution in [2.45, 2.75) is 71.4 Å². The molecular weight excluding hydrogens is 360 g/mol. The van der Waals surface area contributed by atoms with Gasteiger partial charge in [-0.1, -0.05) is 62.6 Å². The molecule has 4 nitrogen and oxygen atoms in total. The van der Waals surface area contributed by atoms with Crippen molar-refractivity contribution >= 4 is 23.2 Å². The summed E-state index contributed by atoms with van der Waals surface area (Å²) in [6, 6.07) is 17.9. The molecule has 0 spiro atoms. The van der Waals surface area contributed by atoms with Crippen LogP contribution in [0, 0.1) is 0 Å². The van der Waals surface area contributed by atoms with Crippen molar-refractivity contribution < 1.29 is 9.59 Å². The van der Waals surface area contributed by atoms with E-state index in [9.17, 15) is 9.59 Å². The van der Waals surface area contributed by atoms with Crippen LogP contribution in [0.1, 0.15) is 70.9 Å². The number of carbonyl (C=O) groups excluding carboxylic acids is 2. The second kappa shape index (κ2) is 9.73. The molecule has 0 fully saturated rings. The third-order valence-corrected chi connectivity index (χ3v) is 5.76. The van der Waals surface area contributed by atoms with E-state index in [-0.39, 0.29) is 23.9 Å². The monoisotopic (exact) mass is 392 g/mol. The molecule has 0 radical (unpaired) electrons. The minimum absolute atomic E-state index is 0.0338. The minimum Gasteiger partial charge on any atom is -0.309 e. The van der Waals surface area contributed by atoms with Crippen LogP contribution in [0.15, 0.2) is 54.6 Å². The van der Waals surface area contributed by atoms with E-state index < -0.39 is 0 Å². The van der Waals surface area contributed by atoms with Crippen LogP contribution in [-0.2, 0) is 9.59 Å². The summed E-state index contributed by atoms with van der Waals surface area (Å²) in [5.41, 5.74) is 2.89. The van der Waals surface area contributed by atoms with Crippen molar-refractivity contribution in [3.63, 3.8) is 0 Å². The molecule has 2 amide bonds. The molecule has 0 saturated carbocycles. The highest BCUT2D eigenvalue weighted by molar-refractivity contribution is 5.97.